The van der Waals surface area contributed by atoms with Crippen LogP contribution in [0, 0.1) is 0 Å². The molecule has 0 aliphatic heterocycles. The molecule has 198 valence electrons. The summed E-state index contributed by atoms with van der Waals surface area (Å²) in [5, 5.41) is 10.8. The molecule has 3 N–H and O–H groups in total. The number of hydrogen-bond donors (Lipinski definition) is 2. The van der Waals surface area contributed by atoms with Crippen molar-refractivity contribution in [3.63, 3.8) is 0 Å². The van der Waals surface area contributed by atoms with E-state index >= 15 is 0 Å². The molecule has 2 aromatic heterocycles. The second kappa shape index (κ2) is 10.5. The number of nitrogen functional groups attached to an aromatic ring is 1. The van der Waals surface area contributed by atoms with Gasteiger partial charge in [-0.15, -0.1) is 0 Å². The summed E-state index contributed by atoms with van der Waals surface area (Å²) in [6.07, 6.45) is 4.36. The highest BCUT2D eigenvalue weighted by Crippen LogP contribution is 2.44. The van der Waals surface area contributed by atoms with Gasteiger partial charge in [0.2, 0.25) is 0 Å². The lowest BCUT2D eigenvalue weighted by atomic mass is 10.0. The predicted molar refractivity (Wildman–Crippen MR) is 157 cm³/mol. The van der Waals surface area contributed by atoms with Crippen molar-refractivity contribution in [2.24, 2.45) is 7.05 Å². The molecular weight excluding hydrogens is 512 g/mol. The molecule has 1 aliphatic carbocycles. The van der Waals surface area contributed by atoms with Crippen LogP contribution in [-0.4, -0.2) is 41.2 Å². The molecule has 2 aromatic carbocycles. The molecule has 0 bridgehead atoms. The minimum atomic E-state index is -2.64. The maximum atomic E-state index is 7.30. The second-order valence-electron chi connectivity index (χ2n) is 11.0. The smallest absolute Gasteiger partial charge is 0.261 e. The molecule has 7 nitrogen and oxygen atoms in total. The van der Waals surface area contributed by atoms with E-state index in [1.54, 1.807) is 0 Å². The lowest BCUT2D eigenvalue weighted by Crippen LogP contribution is -2.66. The van der Waals surface area contributed by atoms with Gasteiger partial charge in [-0.3, -0.25) is 4.68 Å². The Morgan fingerprint density at radius 1 is 1.03 bits per heavy atom. The summed E-state index contributed by atoms with van der Waals surface area (Å²) >= 11 is 6.10. The zero-order chi connectivity index (χ0) is 26.9. The molecule has 38 heavy (non-hydrogen) atoms. The number of aromatic nitrogens is 4. The number of aryl methyl sites for hydroxylation is 1. The van der Waals surface area contributed by atoms with E-state index < -0.39 is 8.32 Å². The van der Waals surface area contributed by atoms with Crippen molar-refractivity contribution >= 4 is 41.8 Å². The largest absolute Gasteiger partial charge is 0.407 e. The van der Waals surface area contributed by atoms with Crippen LogP contribution in [0.2, 0.25) is 10.2 Å². The number of hydrogen-bond acceptors (Lipinski definition) is 6. The fourth-order valence-electron chi connectivity index (χ4n) is 5.92. The van der Waals surface area contributed by atoms with Crippen molar-refractivity contribution in [1.82, 2.24) is 19.7 Å². The first-order valence-electron chi connectivity index (χ1n) is 13.0. The standard InChI is InChI=1S/C29H35ClN6OSi/c1-29(2,3)38(22-11-7-5-8-12-22,23-13-9-6-10-14-23)37-18-21-15-20(24-17-35-36(4)26(21)24)16-32-28-25(31)27(30)33-19-34-28/h5-14,17,19-21H,15-16,18,31H2,1-4H3,(H,32,33,34)/t20-,21+/m0/s1. The van der Waals surface area contributed by atoms with Crippen molar-refractivity contribution in [1.29, 1.82) is 0 Å². The monoisotopic (exact) mass is 546 g/mol. The summed E-state index contributed by atoms with van der Waals surface area (Å²) in [4.78, 5) is 8.22. The topological polar surface area (TPSA) is 90.9 Å². The van der Waals surface area contributed by atoms with Crippen LogP contribution in [0.1, 0.15) is 50.3 Å². The van der Waals surface area contributed by atoms with Gasteiger partial charge in [-0.25, -0.2) is 9.97 Å². The van der Waals surface area contributed by atoms with Crippen LogP contribution in [-0.2, 0) is 11.5 Å². The van der Waals surface area contributed by atoms with Gasteiger partial charge in [0.05, 0.1) is 6.20 Å². The number of rotatable bonds is 8. The van der Waals surface area contributed by atoms with E-state index in [9.17, 15) is 0 Å². The van der Waals surface area contributed by atoms with Gasteiger partial charge in [0.25, 0.3) is 8.32 Å². The summed E-state index contributed by atoms with van der Waals surface area (Å²) in [7, 11) is -0.615. The van der Waals surface area contributed by atoms with Gasteiger partial charge in [0.1, 0.15) is 12.0 Å². The van der Waals surface area contributed by atoms with Crippen LogP contribution < -0.4 is 21.4 Å². The van der Waals surface area contributed by atoms with E-state index in [1.165, 1.54) is 28.0 Å². The SMILES string of the molecule is Cn1ncc2c1[C@@H](CO[Si](c1ccccc1)(c1ccccc1)C(C)(C)C)C[C@H]2CNc1ncnc(Cl)c1N. The molecule has 2 atom stereocenters. The highest BCUT2D eigenvalue weighted by atomic mass is 35.5. The first kappa shape index (κ1) is 26.4. The number of fused-ring (bicyclic) bond motifs is 1. The summed E-state index contributed by atoms with van der Waals surface area (Å²) in [5.41, 5.74) is 8.94. The normalized spacial score (nSPS) is 17.4. The number of nitrogens with zero attached hydrogens (tertiary/aromatic N) is 4. The Morgan fingerprint density at radius 2 is 1.66 bits per heavy atom. The van der Waals surface area contributed by atoms with Gasteiger partial charge in [0.15, 0.2) is 11.0 Å². The molecule has 2 heterocycles. The lowest BCUT2D eigenvalue weighted by Gasteiger charge is -2.43. The third-order valence-corrected chi connectivity index (χ3v) is 13.0. The first-order chi connectivity index (χ1) is 18.2. The van der Waals surface area contributed by atoms with Gasteiger partial charge in [0, 0.05) is 37.7 Å². The predicted octanol–water partition coefficient (Wildman–Crippen LogP) is 4.71. The van der Waals surface area contributed by atoms with Crippen molar-refractivity contribution in [2.45, 2.75) is 44.1 Å². The molecule has 0 saturated carbocycles. The number of nitrogens with two attached hydrogens (primary N) is 1. The molecule has 0 spiro atoms. The Balaban J connectivity index is 1.44. The quantitative estimate of drug-likeness (QED) is 0.246. The lowest BCUT2D eigenvalue weighted by molar-refractivity contribution is 0.263. The number of nitrogens with one attached hydrogen (secondary N) is 1. The van der Waals surface area contributed by atoms with E-state index in [4.69, 9.17) is 21.8 Å². The maximum absolute atomic E-state index is 7.30. The second-order valence-corrected chi connectivity index (χ2v) is 15.7. The van der Waals surface area contributed by atoms with Crippen molar-refractivity contribution < 1.29 is 4.43 Å². The van der Waals surface area contributed by atoms with Crippen LogP contribution >= 0.6 is 11.6 Å². The molecule has 5 rings (SSSR count). The molecule has 0 saturated heterocycles. The Labute approximate surface area is 230 Å². The Hall–Kier alpha value is -3.20. The van der Waals surface area contributed by atoms with Gasteiger partial charge < -0.3 is 15.5 Å². The third kappa shape index (κ3) is 4.72. The molecule has 1 aliphatic rings. The number of benzene rings is 2. The average Bonchev–Trinajstić information content (AvgIpc) is 3.46. The average molecular weight is 547 g/mol. The fourth-order valence-corrected chi connectivity index (χ4v) is 10.7. The van der Waals surface area contributed by atoms with E-state index in [-0.39, 0.29) is 22.0 Å². The summed E-state index contributed by atoms with van der Waals surface area (Å²) in [6.45, 7) is 8.23. The van der Waals surface area contributed by atoms with Gasteiger partial charge in [-0.05, 0) is 27.4 Å². The van der Waals surface area contributed by atoms with Gasteiger partial charge in [-0.1, -0.05) is 93.0 Å². The van der Waals surface area contributed by atoms with Crippen LogP contribution in [0.3, 0.4) is 0 Å². The molecule has 0 amide bonds. The summed E-state index contributed by atoms with van der Waals surface area (Å²) in [6, 6.07) is 21.6. The molecule has 0 unspecified atom stereocenters. The number of anilines is 2. The first-order valence-corrected chi connectivity index (χ1v) is 15.3. The highest BCUT2D eigenvalue weighted by Gasteiger charge is 2.51. The van der Waals surface area contributed by atoms with Gasteiger partial charge >= 0.3 is 0 Å². The highest BCUT2D eigenvalue weighted by molar-refractivity contribution is 6.99. The van der Waals surface area contributed by atoms with E-state index in [1.807, 2.05) is 17.9 Å². The van der Waals surface area contributed by atoms with E-state index in [0.29, 0.717) is 24.7 Å². The van der Waals surface area contributed by atoms with Crippen molar-refractivity contribution in [3.05, 3.63) is 89.6 Å². The summed E-state index contributed by atoms with van der Waals surface area (Å²) < 4.78 is 9.30. The Bertz CT molecular complexity index is 1350. The van der Waals surface area contributed by atoms with Crippen LogP contribution in [0.15, 0.2) is 73.2 Å². The molecule has 0 fully saturated rings. The summed E-state index contributed by atoms with van der Waals surface area (Å²) in [5.74, 6) is 1.03. The zero-order valence-electron chi connectivity index (χ0n) is 22.4. The zero-order valence-corrected chi connectivity index (χ0v) is 24.1. The fraction of sp³-hybridized carbons (Fsp3) is 0.345. The Kier molecular flexibility index (Phi) is 7.31. The van der Waals surface area contributed by atoms with Crippen molar-refractivity contribution in [2.75, 3.05) is 24.2 Å². The van der Waals surface area contributed by atoms with Crippen molar-refractivity contribution in [3.8, 4) is 0 Å². The van der Waals surface area contributed by atoms with Crippen LogP contribution in [0.4, 0.5) is 11.5 Å². The minimum Gasteiger partial charge on any atom is -0.407 e. The van der Waals surface area contributed by atoms with E-state index in [2.05, 4.69) is 102 Å². The molecule has 0 radical (unpaired) electrons. The van der Waals surface area contributed by atoms with Crippen LogP contribution in [0.5, 0.6) is 0 Å². The maximum Gasteiger partial charge on any atom is 0.261 e. The number of halogens is 1. The molecule has 9 heteroatoms. The Morgan fingerprint density at radius 3 is 2.26 bits per heavy atom. The third-order valence-electron chi connectivity index (χ3n) is 7.68. The molecular formula is C29H35ClN6OSi. The molecule has 4 aromatic rings. The van der Waals surface area contributed by atoms with E-state index in [0.717, 1.165) is 6.42 Å². The van der Waals surface area contributed by atoms with Gasteiger partial charge in [-0.2, -0.15) is 5.10 Å². The minimum absolute atomic E-state index is 0.0750. The van der Waals surface area contributed by atoms with Crippen LogP contribution in [0.25, 0.3) is 0 Å².